The molecule has 3 aliphatic heterocycles. The Morgan fingerprint density at radius 1 is 1.22 bits per heavy atom. The van der Waals surface area contributed by atoms with E-state index in [0.29, 0.717) is 19.4 Å². The Kier molecular flexibility index (Phi) is 2.63. The van der Waals surface area contributed by atoms with Crippen molar-refractivity contribution in [3.8, 4) is 0 Å². The molecule has 3 aliphatic carbocycles. The Balaban J connectivity index is 1.72. The average molecular weight is 366 g/mol. The monoisotopic (exact) mass is 366 g/mol. The summed E-state index contributed by atoms with van der Waals surface area (Å²) in [5, 5.41) is 3.60. The standard InChI is InChI=1S/C21H22N2O4/c1-27-17(26)13-11-19-7-4-10-23-16(25)15(24)21(18(19)23)12-5-2-3-6-14(12)22-20(13,21)9-8-19/h2-3,5-6,13,18,22H,4,7-11H2,1H3/t13-,18+,19+,20+,21+/m0/s1. The number of benzene rings is 1. The van der Waals surface area contributed by atoms with Crippen molar-refractivity contribution in [1.82, 2.24) is 4.90 Å². The first-order valence-electron chi connectivity index (χ1n) is 9.83. The summed E-state index contributed by atoms with van der Waals surface area (Å²) in [5.74, 6) is -1.38. The van der Waals surface area contributed by atoms with Gasteiger partial charge in [0, 0.05) is 12.2 Å². The number of methoxy groups -OCH3 is 1. The summed E-state index contributed by atoms with van der Waals surface area (Å²) in [6.45, 7) is 0.639. The zero-order chi connectivity index (χ0) is 18.6. The van der Waals surface area contributed by atoms with Gasteiger partial charge >= 0.3 is 5.97 Å². The van der Waals surface area contributed by atoms with Crippen LogP contribution in [0.2, 0.25) is 0 Å². The van der Waals surface area contributed by atoms with E-state index < -0.39 is 16.9 Å². The van der Waals surface area contributed by atoms with E-state index in [1.165, 1.54) is 7.11 Å². The summed E-state index contributed by atoms with van der Waals surface area (Å²) in [5.41, 5.74) is -0.140. The molecule has 5 fully saturated rings. The lowest BCUT2D eigenvalue weighted by Crippen LogP contribution is -2.78. The van der Waals surface area contributed by atoms with Crippen LogP contribution in [-0.2, 0) is 24.5 Å². The number of hydrogen-bond donors (Lipinski definition) is 1. The number of ketones is 1. The number of anilines is 1. The fraction of sp³-hybridized carbons (Fsp3) is 0.571. The molecule has 6 heteroatoms. The predicted octanol–water partition coefficient (Wildman–Crippen LogP) is 1.64. The van der Waals surface area contributed by atoms with Crippen LogP contribution in [-0.4, -0.2) is 47.8 Å². The van der Waals surface area contributed by atoms with E-state index in [1.54, 1.807) is 0 Å². The lowest BCUT2D eigenvalue weighted by atomic mass is 9.38. The van der Waals surface area contributed by atoms with Crippen molar-refractivity contribution in [2.24, 2.45) is 11.3 Å². The second kappa shape index (κ2) is 4.54. The van der Waals surface area contributed by atoms with Gasteiger partial charge in [0.25, 0.3) is 5.91 Å². The molecule has 1 aromatic carbocycles. The highest BCUT2D eigenvalue weighted by atomic mass is 16.5. The van der Waals surface area contributed by atoms with Gasteiger partial charge in [-0.3, -0.25) is 14.4 Å². The van der Waals surface area contributed by atoms with E-state index in [2.05, 4.69) is 5.32 Å². The third kappa shape index (κ3) is 1.38. The highest BCUT2D eigenvalue weighted by molar-refractivity contribution is 6.43. The van der Waals surface area contributed by atoms with Crippen molar-refractivity contribution in [2.45, 2.75) is 49.1 Å². The molecular weight excluding hydrogens is 344 g/mol. The van der Waals surface area contributed by atoms with Crippen LogP contribution < -0.4 is 5.32 Å². The number of piperidine rings is 1. The number of carbonyl (C=O) groups is 3. The van der Waals surface area contributed by atoms with E-state index in [-0.39, 0.29) is 29.1 Å². The first kappa shape index (κ1) is 15.7. The maximum Gasteiger partial charge on any atom is 0.311 e. The summed E-state index contributed by atoms with van der Waals surface area (Å²) in [6, 6.07) is 7.66. The maximum absolute atomic E-state index is 13.7. The third-order valence-electron chi connectivity index (χ3n) is 8.31. The number of ether oxygens (including phenoxy) is 1. The lowest BCUT2D eigenvalue weighted by molar-refractivity contribution is -0.173. The molecule has 2 bridgehead atoms. The molecule has 3 spiro atoms. The Bertz CT molecular complexity index is 929. The summed E-state index contributed by atoms with van der Waals surface area (Å²) in [4.78, 5) is 41.6. The van der Waals surface area contributed by atoms with Gasteiger partial charge in [-0.2, -0.15) is 0 Å². The van der Waals surface area contributed by atoms with Crippen molar-refractivity contribution in [3.63, 3.8) is 0 Å². The summed E-state index contributed by atoms with van der Waals surface area (Å²) >= 11 is 0. The fourth-order valence-corrected chi connectivity index (χ4v) is 7.59. The van der Waals surface area contributed by atoms with Crippen LogP contribution >= 0.6 is 0 Å². The molecule has 0 aromatic heterocycles. The first-order valence-corrected chi connectivity index (χ1v) is 9.83. The fourth-order valence-electron chi connectivity index (χ4n) is 7.59. The van der Waals surface area contributed by atoms with Gasteiger partial charge in [0.1, 0.15) is 5.41 Å². The minimum atomic E-state index is -0.976. The van der Waals surface area contributed by atoms with Crippen LogP contribution in [0, 0.1) is 11.3 Å². The molecule has 2 saturated heterocycles. The Hall–Kier alpha value is -2.37. The van der Waals surface area contributed by atoms with Crippen LogP contribution in [0.5, 0.6) is 0 Å². The van der Waals surface area contributed by atoms with Crippen molar-refractivity contribution in [1.29, 1.82) is 0 Å². The lowest BCUT2D eigenvalue weighted by Gasteiger charge is -2.67. The smallest absolute Gasteiger partial charge is 0.311 e. The molecule has 27 heavy (non-hydrogen) atoms. The van der Waals surface area contributed by atoms with E-state index in [9.17, 15) is 14.4 Å². The predicted molar refractivity (Wildman–Crippen MR) is 96.0 cm³/mol. The number of Topliss-reactive ketones (excluding diaryl/α,β-unsaturated/α-hetero) is 1. The normalized spacial score (nSPS) is 43.1. The molecule has 3 heterocycles. The molecule has 0 unspecified atom stereocenters. The summed E-state index contributed by atoms with van der Waals surface area (Å²) in [7, 11) is 1.42. The molecule has 7 rings (SSSR count). The van der Waals surface area contributed by atoms with Gasteiger partial charge < -0.3 is 15.0 Å². The van der Waals surface area contributed by atoms with Gasteiger partial charge in [0.2, 0.25) is 5.78 Å². The number of fused-ring (bicyclic) bond motifs is 3. The quantitative estimate of drug-likeness (QED) is 0.604. The number of para-hydroxylation sites is 1. The van der Waals surface area contributed by atoms with Gasteiger partial charge in [-0.05, 0) is 49.1 Å². The van der Waals surface area contributed by atoms with Gasteiger partial charge in [0.05, 0.1) is 24.6 Å². The topological polar surface area (TPSA) is 75.7 Å². The molecular formula is C21H22N2O4. The SMILES string of the molecule is COC(=O)[C@@H]1C[C@@]23CCCN4C(=O)C(=O)[C@]5(c6ccccc6N[C@]15CC2)[C@H]43. The molecule has 0 radical (unpaired) electrons. The zero-order valence-corrected chi connectivity index (χ0v) is 15.3. The van der Waals surface area contributed by atoms with E-state index in [0.717, 1.165) is 30.5 Å². The maximum atomic E-state index is 13.7. The molecule has 140 valence electrons. The highest BCUT2D eigenvalue weighted by Gasteiger charge is 2.84. The van der Waals surface area contributed by atoms with Crippen LogP contribution in [0.3, 0.4) is 0 Å². The molecule has 1 amide bonds. The second-order valence-corrected chi connectivity index (χ2v) is 8.93. The Labute approximate surface area is 157 Å². The third-order valence-corrected chi connectivity index (χ3v) is 8.31. The number of nitrogens with zero attached hydrogens (tertiary/aromatic N) is 1. The number of amides is 1. The summed E-state index contributed by atoms with van der Waals surface area (Å²) in [6.07, 6.45) is 4.18. The van der Waals surface area contributed by atoms with Gasteiger partial charge in [-0.15, -0.1) is 0 Å². The van der Waals surface area contributed by atoms with Crippen LogP contribution in [0.1, 0.15) is 37.7 Å². The number of rotatable bonds is 1. The number of nitrogens with one attached hydrogen (secondary N) is 1. The second-order valence-electron chi connectivity index (χ2n) is 8.93. The van der Waals surface area contributed by atoms with E-state index in [1.807, 2.05) is 29.2 Å². The number of carbonyl (C=O) groups excluding carboxylic acids is 3. The molecule has 1 aromatic rings. The van der Waals surface area contributed by atoms with Crippen LogP contribution in [0.4, 0.5) is 5.69 Å². The largest absolute Gasteiger partial charge is 0.469 e. The number of hydrogen-bond acceptors (Lipinski definition) is 5. The van der Waals surface area contributed by atoms with Crippen LogP contribution in [0.15, 0.2) is 24.3 Å². The summed E-state index contributed by atoms with van der Waals surface area (Å²) < 4.78 is 5.20. The van der Waals surface area contributed by atoms with Crippen LogP contribution in [0.25, 0.3) is 0 Å². The Morgan fingerprint density at radius 2 is 2.04 bits per heavy atom. The zero-order valence-electron chi connectivity index (χ0n) is 15.3. The van der Waals surface area contributed by atoms with Gasteiger partial charge in [-0.1, -0.05) is 18.2 Å². The average Bonchev–Trinajstić information content (AvgIpc) is 3.14. The highest BCUT2D eigenvalue weighted by Crippen LogP contribution is 2.73. The number of esters is 1. The van der Waals surface area contributed by atoms with Gasteiger partial charge in [0.15, 0.2) is 0 Å². The van der Waals surface area contributed by atoms with Crippen molar-refractivity contribution in [3.05, 3.63) is 29.8 Å². The molecule has 1 N–H and O–H groups in total. The first-order chi connectivity index (χ1) is 13.0. The molecule has 6 aliphatic rings. The van der Waals surface area contributed by atoms with Crippen molar-refractivity contribution in [2.75, 3.05) is 19.0 Å². The Morgan fingerprint density at radius 3 is 2.85 bits per heavy atom. The molecule has 5 atom stereocenters. The van der Waals surface area contributed by atoms with E-state index >= 15 is 0 Å². The minimum absolute atomic E-state index is 0.149. The van der Waals surface area contributed by atoms with Crippen molar-refractivity contribution < 1.29 is 19.1 Å². The molecule has 3 saturated carbocycles. The van der Waals surface area contributed by atoms with Gasteiger partial charge in [-0.25, -0.2) is 0 Å². The minimum Gasteiger partial charge on any atom is -0.469 e. The molecule has 6 nitrogen and oxygen atoms in total. The van der Waals surface area contributed by atoms with E-state index in [4.69, 9.17) is 4.74 Å². The van der Waals surface area contributed by atoms with Crippen molar-refractivity contribution >= 4 is 23.3 Å².